The standard InChI is InChI=1S/C21H24N2O4/c1-16(24)18-7-6-8-19(15-18)23(17(2)25)13-12-22-21(26)11-14-27-20-9-4-3-5-10-20/h3-10,15H,11-14H2,1-2H3,(H,22,26). The first-order chi connectivity index (χ1) is 13.0. The molecule has 27 heavy (non-hydrogen) atoms. The van der Waals surface area contributed by atoms with Gasteiger partial charge >= 0.3 is 0 Å². The second kappa shape index (κ2) is 10.1. The molecule has 2 aromatic rings. The lowest BCUT2D eigenvalue weighted by molar-refractivity contribution is -0.122. The van der Waals surface area contributed by atoms with E-state index in [2.05, 4.69) is 5.32 Å². The van der Waals surface area contributed by atoms with Crippen molar-refractivity contribution in [3.05, 3.63) is 60.2 Å². The van der Waals surface area contributed by atoms with Crippen LogP contribution in [0.1, 0.15) is 30.6 Å². The number of para-hydroxylation sites is 1. The number of nitrogens with zero attached hydrogens (tertiary/aromatic N) is 1. The lowest BCUT2D eigenvalue weighted by atomic mass is 10.1. The Bertz CT molecular complexity index is 790. The first-order valence-electron chi connectivity index (χ1n) is 8.81. The molecule has 0 heterocycles. The van der Waals surface area contributed by atoms with Crippen LogP contribution in [0, 0.1) is 0 Å². The molecule has 2 rings (SSSR count). The molecule has 0 atom stereocenters. The number of carbonyl (C=O) groups excluding carboxylic acids is 3. The van der Waals surface area contributed by atoms with Crippen molar-refractivity contribution in [3.8, 4) is 5.75 Å². The lowest BCUT2D eigenvalue weighted by Gasteiger charge is -2.22. The van der Waals surface area contributed by atoms with E-state index in [1.807, 2.05) is 30.3 Å². The van der Waals surface area contributed by atoms with Gasteiger partial charge in [-0.25, -0.2) is 0 Å². The molecule has 0 radical (unpaired) electrons. The smallest absolute Gasteiger partial charge is 0.223 e. The van der Waals surface area contributed by atoms with Crippen molar-refractivity contribution < 1.29 is 19.1 Å². The highest BCUT2D eigenvalue weighted by molar-refractivity contribution is 5.97. The molecule has 0 aliphatic carbocycles. The topological polar surface area (TPSA) is 75.7 Å². The first-order valence-corrected chi connectivity index (χ1v) is 8.81. The summed E-state index contributed by atoms with van der Waals surface area (Å²) in [5.74, 6) is 0.356. The predicted molar refractivity (Wildman–Crippen MR) is 104 cm³/mol. The van der Waals surface area contributed by atoms with Crippen LogP contribution in [0.3, 0.4) is 0 Å². The number of hydrogen-bond donors (Lipinski definition) is 1. The molecule has 0 unspecified atom stereocenters. The van der Waals surface area contributed by atoms with E-state index in [1.165, 1.54) is 18.7 Å². The molecule has 1 N–H and O–H groups in total. The maximum atomic E-state index is 11.9. The van der Waals surface area contributed by atoms with E-state index in [9.17, 15) is 14.4 Å². The van der Waals surface area contributed by atoms with E-state index in [-0.39, 0.29) is 30.6 Å². The number of ketones is 1. The highest BCUT2D eigenvalue weighted by Crippen LogP contribution is 2.16. The van der Waals surface area contributed by atoms with Crippen LogP contribution in [-0.4, -0.2) is 37.3 Å². The van der Waals surface area contributed by atoms with Gasteiger partial charge in [0.1, 0.15) is 5.75 Å². The van der Waals surface area contributed by atoms with E-state index in [0.717, 1.165) is 5.75 Å². The Morgan fingerprint density at radius 3 is 2.41 bits per heavy atom. The van der Waals surface area contributed by atoms with Gasteiger partial charge < -0.3 is 15.0 Å². The maximum absolute atomic E-state index is 11.9. The zero-order valence-electron chi connectivity index (χ0n) is 15.6. The molecular weight excluding hydrogens is 344 g/mol. The van der Waals surface area contributed by atoms with Crippen LogP contribution < -0.4 is 15.0 Å². The summed E-state index contributed by atoms with van der Waals surface area (Å²) in [6, 6.07) is 16.2. The summed E-state index contributed by atoms with van der Waals surface area (Å²) in [5.41, 5.74) is 1.18. The molecule has 6 nitrogen and oxygen atoms in total. The molecule has 0 spiro atoms. The lowest BCUT2D eigenvalue weighted by Crippen LogP contribution is -2.38. The van der Waals surface area contributed by atoms with Crippen LogP contribution in [0.15, 0.2) is 54.6 Å². The van der Waals surface area contributed by atoms with Crippen molar-refractivity contribution in [1.29, 1.82) is 0 Å². The second-order valence-corrected chi connectivity index (χ2v) is 6.04. The van der Waals surface area contributed by atoms with E-state index in [1.54, 1.807) is 24.3 Å². The summed E-state index contributed by atoms with van der Waals surface area (Å²) in [4.78, 5) is 36.9. The van der Waals surface area contributed by atoms with Crippen LogP contribution in [0.2, 0.25) is 0 Å². The average molecular weight is 368 g/mol. The minimum atomic E-state index is -0.155. The first kappa shape index (κ1) is 20.2. The van der Waals surface area contributed by atoms with Gasteiger partial charge in [-0.2, -0.15) is 0 Å². The van der Waals surface area contributed by atoms with Crippen molar-refractivity contribution in [2.24, 2.45) is 0 Å². The summed E-state index contributed by atoms with van der Waals surface area (Å²) in [6.45, 7) is 3.86. The minimum Gasteiger partial charge on any atom is -0.493 e. The number of Topliss-reactive ketones (excluding diaryl/α,β-unsaturated/α-hetero) is 1. The van der Waals surface area contributed by atoms with Crippen molar-refractivity contribution in [2.45, 2.75) is 20.3 Å². The van der Waals surface area contributed by atoms with Gasteiger partial charge in [-0.3, -0.25) is 14.4 Å². The zero-order chi connectivity index (χ0) is 19.6. The fourth-order valence-electron chi connectivity index (χ4n) is 2.53. The van der Waals surface area contributed by atoms with E-state index in [0.29, 0.717) is 24.3 Å². The highest BCUT2D eigenvalue weighted by Gasteiger charge is 2.13. The number of benzene rings is 2. The quantitative estimate of drug-likeness (QED) is 0.691. The molecule has 0 fully saturated rings. The van der Waals surface area contributed by atoms with Gasteiger partial charge in [0.25, 0.3) is 0 Å². The van der Waals surface area contributed by atoms with Crippen molar-refractivity contribution in [2.75, 3.05) is 24.6 Å². The molecule has 6 heteroatoms. The highest BCUT2D eigenvalue weighted by atomic mass is 16.5. The Morgan fingerprint density at radius 1 is 1.00 bits per heavy atom. The Kier molecular flexibility index (Phi) is 7.55. The minimum absolute atomic E-state index is 0.0629. The molecule has 0 saturated carbocycles. The Labute approximate surface area is 159 Å². The van der Waals surface area contributed by atoms with E-state index < -0.39 is 0 Å². The summed E-state index contributed by atoms with van der Waals surface area (Å²) >= 11 is 0. The Hall–Kier alpha value is -3.15. The van der Waals surface area contributed by atoms with Crippen molar-refractivity contribution in [1.82, 2.24) is 5.32 Å². The number of amides is 2. The van der Waals surface area contributed by atoms with Gasteiger partial charge in [-0.1, -0.05) is 30.3 Å². The molecule has 142 valence electrons. The van der Waals surface area contributed by atoms with Crippen molar-refractivity contribution in [3.63, 3.8) is 0 Å². The zero-order valence-corrected chi connectivity index (χ0v) is 15.6. The third kappa shape index (κ3) is 6.58. The Morgan fingerprint density at radius 2 is 1.74 bits per heavy atom. The van der Waals surface area contributed by atoms with Crippen LogP contribution in [0.5, 0.6) is 5.75 Å². The molecule has 0 aliphatic heterocycles. The average Bonchev–Trinajstić information content (AvgIpc) is 2.66. The van der Waals surface area contributed by atoms with Crippen LogP contribution >= 0.6 is 0 Å². The van der Waals surface area contributed by atoms with Crippen LogP contribution in [-0.2, 0) is 9.59 Å². The van der Waals surface area contributed by atoms with Gasteiger partial charge in [0, 0.05) is 31.3 Å². The Balaban J connectivity index is 1.80. The molecule has 0 bridgehead atoms. The molecule has 2 aromatic carbocycles. The summed E-state index contributed by atoms with van der Waals surface area (Å²) in [6.07, 6.45) is 0.231. The van der Waals surface area contributed by atoms with Crippen LogP contribution in [0.4, 0.5) is 5.69 Å². The predicted octanol–water partition coefficient (Wildman–Crippen LogP) is 2.83. The molecule has 0 aromatic heterocycles. The largest absolute Gasteiger partial charge is 0.493 e. The van der Waals surface area contributed by atoms with Gasteiger partial charge in [0.15, 0.2) is 5.78 Å². The fourth-order valence-corrected chi connectivity index (χ4v) is 2.53. The molecule has 2 amide bonds. The monoisotopic (exact) mass is 368 g/mol. The molecule has 0 saturated heterocycles. The third-order valence-corrected chi connectivity index (χ3v) is 3.94. The number of anilines is 1. The number of ether oxygens (including phenoxy) is 1. The number of nitrogens with one attached hydrogen (secondary N) is 1. The van der Waals surface area contributed by atoms with Gasteiger partial charge in [0.2, 0.25) is 11.8 Å². The number of carbonyl (C=O) groups is 3. The summed E-state index contributed by atoms with van der Waals surface area (Å²) < 4.78 is 5.49. The third-order valence-electron chi connectivity index (χ3n) is 3.94. The number of rotatable bonds is 9. The van der Waals surface area contributed by atoms with Gasteiger partial charge in [0.05, 0.1) is 13.0 Å². The number of hydrogen-bond acceptors (Lipinski definition) is 4. The molecule has 0 aliphatic rings. The summed E-state index contributed by atoms with van der Waals surface area (Å²) in [5, 5.41) is 2.78. The van der Waals surface area contributed by atoms with Gasteiger partial charge in [-0.15, -0.1) is 0 Å². The SMILES string of the molecule is CC(=O)c1cccc(N(CCNC(=O)CCOc2ccccc2)C(C)=O)c1. The normalized spacial score (nSPS) is 10.1. The fraction of sp³-hybridized carbons (Fsp3) is 0.286. The van der Waals surface area contributed by atoms with Gasteiger partial charge in [-0.05, 0) is 31.2 Å². The van der Waals surface area contributed by atoms with E-state index >= 15 is 0 Å². The van der Waals surface area contributed by atoms with Crippen LogP contribution in [0.25, 0.3) is 0 Å². The second-order valence-electron chi connectivity index (χ2n) is 6.04. The van der Waals surface area contributed by atoms with Crippen molar-refractivity contribution >= 4 is 23.3 Å². The maximum Gasteiger partial charge on any atom is 0.223 e. The summed E-state index contributed by atoms with van der Waals surface area (Å²) in [7, 11) is 0. The molecular formula is C21H24N2O4. The van der Waals surface area contributed by atoms with E-state index in [4.69, 9.17) is 4.74 Å².